The van der Waals surface area contributed by atoms with E-state index in [1.54, 1.807) is 0 Å². The van der Waals surface area contributed by atoms with Crippen LogP contribution in [0, 0.1) is 13.8 Å². The van der Waals surface area contributed by atoms with E-state index in [-0.39, 0.29) is 24.1 Å². The molecule has 2 atom stereocenters. The summed E-state index contributed by atoms with van der Waals surface area (Å²) in [4.78, 5) is 36.2. The molecule has 4 rings (SSSR count). The van der Waals surface area contributed by atoms with Crippen molar-refractivity contribution in [3.05, 3.63) is 15.6 Å². The summed E-state index contributed by atoms with van der Waals surface area (Å²) in [6.45, 7) is 8.62. The minimum absolute atomic E-state index is 0.00882. The minimum atomic E-state index is -0.228. The van der Waals surface area contributed by atoms with Crippen molar-refractivity contribution in [2.24, 2.45) is 0 Å². The van der Waals surface area contributed by atoms with E-state index in [1.165, 1.54) is 30.6 Å². The van der Waals surface area contributed by atoms with Gasteiger partial charge in [0, 0.05) is 19.6 Å². The molecule has 8 heteroatoms. The average molecular weight is 378 g/mol. The van der Waals surface area contributed by atoms with E-state index in [2.05, 4.69) is 9.88 Å². The Hall–Kier alpha value is -1.67. The Morgan fingerprint density at radius 1 is 1.19 bits per heavy atom. The molecule has 3 saturated heterocycles. The third kappa shape index (κ3) is 3.32. The van der Waals surface area contributed by atoms with Crippen molar-refractivity contribution in [2.45, 2.75) is 45.3 Å². The van der Waals surface area contributed by atoms with E-state index in [0.717, 1.165) is 30.3 Å². The molecule has 0 saturated carbocycles. The molecule has 3 aliphatic rings. The first-order chi connectivity index (χ1) is 12.5. The van der Waals surface area contributed by atoms with Crippen LogP contribution < -0.4 is 0 Å². The summed E-state index contributed by atoms with van der Waals surface area (Å²) in [7, 11) is 0. The lowest BCUT2D eigenvalue weighted by molar-refractivity contribution is 0.0728. The molecule has 3 fully saturated rings. The number of hydrogen-bond donors (Lipinski definition) is 0. The van der Waals surface area contributed by atoms with Crippen molar-refractivity contribution in [1.29, 1.82) is 0 Å². The lowest BCUT2D eigenvalue weighted by atomic mass is 10.1. The molecule has 0 radical (unpaired) electrons. The molecule has 0 unspecified atom stereocenters. The number of fused-ring (bicyclic) bond motifs is 1. The zero-order valence-corrected chi connectivity index (χ0v) is 16.3. The van der Waals surface area contributed by atoms with Crippen LogP contribution in [0.4, 0.5) is 4.79 Å². The number of carbonyl (C=O) groups is 2. The summed E-state index contributed by atoms with van der Waals surface area (Å²) in [6.07, 6.45) is 3.36. The fourth-order valence-electron chi connectivity index (χ4n) is 4.23. The predicted octanol–water partition coefficient (Wildman–Crippen LogP) is 1.89. The average Bonchev–Trinajstić information content (AvgIpc) is 3.26. The highest BCUT2D eigenvalue weighted by molar-refractivity contribution is 7.13. The largest absolute Gasteiger partial charge is 0.442 e. The SMILES string of the molecule is Cc1nc(C)c(C(=O)N2C[C@H]3OC(=O)N(CCN4CCCCC4)[C@H]3C2)s1. The Bertz CT molecular complexity index is 701. The van der Waals surface area contributed by atoms with Crippen LogP contribution in [0.3, 0.4) is 0 Å². The van der Waals surface area contributed by atoms with Crippen molar-refractivity contribution in [3.8, 4) is 0 Å². The normalized spacial score (nSPS) is 26.3. The van der Waals surface area contributed by atoms with Crippen LogP contribution in [0.1, 0.15) is 39.6 Å². The second-order valence-corrected chi connectivity index (χ2v) is 8.65. The number of aromatic nitrogens is 1. The van der Waals surface area contributed by atoms with Gasteiger partial charge in [0.05, 0.1) is 23.3 Å². The molecule has 142 valence electrons. The molecule has 0 bridgehead atoms. The number of carbonyl (C=O) groups excluding carboxylic acids is 2. The minimum Gasteiger partial charge on any atom is -0.442 e. The third-order valence-corrected chi connectivity index (χ3v) is 6.68. The zero-order chi connectivity index (χ0) is 18.3. The monoisotopic (exact) mass is 378 g/mol. The van der Waals surface area contributed by atoms with Gasteiger partial charge in [0.15, 0.2) is 0 Å². The Labute approximate surface area is 157 Å². The quantitative estimate of drug-likeness (QED) is 0.801. The lowest BCUT2D eigenvalue weighted by Crippen LogP contribution is -2.44. The van der Waals surface area contributed by atoms with E-state index in [0.29, 0.717) is 24.5 Å². The van der Waals surface area contributed by atoms with Crippen LogP contribution in [-0.2, 0) is 4.74 Å². The molecule has 1 aromatic heterocycles. The molecule has 26 heavy (non-hydrogen) atoms. The fraction of sp³-hybridized carbons (Fsp3) is 0.722. The van der Waals surface area contributed by atoms with Gasteiger partial charge < -0.3 is 14.5 Å². The topological polar surface area (TPSA) is 66.0 Å². The smallest absolute Gasteiger partial charge is 0.410 e. The van der Waals surface area contributed by atoms with Crippen molar-refractivity contribution in [3.63, 3.8) is 0 Å². The van der Waals surface area contributed by atoms with Crippen molar-refractivity contribution in [1.82, 2.24) is 19.7 Å². The molecule has 0 spiro atoms. The first-order valence-electron chi connectivity index (χ1n) is 9.46. The van der Waals surface area contributed by atoms with Crippen molar-refractivity contribution >= 4 is 23.3 Å². The number of nitrogens with zero attached hydrogens (tertiary/aromatic N) is 4. The van der Waals surface area contributed by atoms with Gasteiger partial charge in [-0.25, -0.2) is 9.78 Å². The summed E-state index contributed by atoms with van der Waals surface area (Å²) in [5, 5.41) is 0.903. The zero-order valence-electron chi connectivity index (χ0n) is 15.4. The van der Waals surface area contributed by atoms with Crippen LogP contribution in [0.15, 0.2) is 0 Å². The van der Waals surface area contributed by atoms with Gasteiger partial charge in [-0.3, -0.25) is 9.69 Å². The number of aryl methyl sites for hydroxylation is 2. The van der Waals surface area contributed by atoms with Gasteiger partial charge in [0.2, 0.25) is 0 Å². The number of amides is 2. The standard InChI is InChI=1S/C18H26N4O3S/c1-12-16(26-13(2)19-12)17(23)21-10-14-15(11-21)25-18(24)22(14)9-8-20-6-4-3-5-7-20/h14-15H,3-11H2,1-2H3/t14-,15+/m0/s1. The molecule has 0 aliphatic carbocycles. The van der Waals surface area contributed by atoms with Crippen LogP contribution in [-0.4, -0.2) is 83.1 Å². The van der Waals surface area contributed by atoms with Gasteiger partial charge in [0.1, 0.15) is 11.0 Å². The third-order valence-electron chi connectivity index (χ3n) is 5.61. The van der Waals surface area contributed by atoms with Crippen molar-refractivity contribution < 1.29 is 14.3 Å². The first-order valence-corrected chi connectivity index (χ1v) is 10.3. The van der Waals surface area contributed by atoms with E-state index >= 15 is 0 Å². The highest BCUT2D eigenvalue weighted by Gasteiger charge is 2.49. The fourth-order valence-corrected chi connectivity index (χ4v) is 5.12. The molecular weight excluding hydrogens is 352 g/mol. The second kappa shape index (κ2) is 7.15. The Morgan fingerprint density at radius 2 is 1.96 bits per heavy atom. The summed E-state index contributed by atoms with van der Waals surface area (Å²) >= 11 is 1.44. The molecule has 2 amide bonds. The van der Waals surface area contributed by atoms with Crippen LogP contribution in [0.5, 0.6) is 0 Å². The van der Waals surface area contributed by atoms with Gasteiger partial charge in [-0.2, -0.15) is 0 Å². The van der Waals surface area contributed by atoms with Gasteiger partial charge in [0.25, 0.3) is 5.91 Å². The number of hydrogen-bond acceptors (Lipinski definition) is 6. The molecule has 1 aromatic rings. The Kier molecular flexibility index (Phi) is 4.88. The van der Waals surface area contributed by atoms with Gasteiger partial charge >= 0.3 is 6.09 Å². The maximum Gasteiger partial charge on any atom is 0.410 e. The molecule has 3 aliphatic heterocycles. The highest BCUT2D eigenvalue weighted by Crippen LogP contribution is 2.29. The summed E-state index contributed by atoms with van der Waals surface area (Å²) in [5.41, 5.74) is 0.786. The maximum atomic E-state index is 12.8. The molecule has 4 heterocycles. The van der Waals surface area contributed by atoms with E-state index in [1.807, 2.05) is 23.6 Å². The van der Waals surface area contributed by atoms with Crippen LogP contribution in [0.25, 0.3) is 0 Å². The maximum absolute atomic E-state index is 12.8. The van der Waals surface area contributed by atoms with E-state index in [9.17, 15) is 9.59 Å². The van der Waals surface area contributed by atoms with Crippen LogP contribution >= 0.6 is 11.3 Å². The molecule has 7 nitrogen and oxygen atoms in total. The number of rotatable bonds is 4. The van der Waals surface area contributed by atoms with E-state index in [4.69, 9.17) is 4.74 Å². The number of likely N-dealkylation sites (tertiary alicyclic amines) is 2. The summed E-state index contributed by atoms with van der Waals surface area (Å²) in [5.74, 6) is 0.00882. The second-order valence-electron chi connectivity index (χ2n) is 7.44. The Balaban J connectivity index is 1.39. The highest BCUT2D eigenvalue weighted by atomic mass is 32.1. The number of ether oxygens (including phenoxy) is 1. The van der Waals surface area contributed by atoms with Gasteiger partial charge in [-0.15, -0.1) is 11.3 Å². The molecule has 0 aromatic carbocycles. The summed E-state index contributed by atoms with van der Waals surface area (Å²) in [6, 6.07) is -0.0226. The first kappa shape index (κ1) is 17.7. The van der Waals surface area contributed by atoms with Crippen molar-refractivity contribution in [2.75, 3.05) is 39.3 Å². The number of thiazole rings is 1. The van der Waals surface area contributed by atoms with E-state index < -0.39 is 0 Å². The molecule has 0 N–H and O–H groups in total. The van der Waals surface area contributed by atoms with Crippen LogP contribution in [0.2, 0.25) is 0 Å². The summed E-state index contributed by atoms with van der Waals surface area (Å²) < 4.78 is 5.55. The number of piperidine rings is 1. The Morgan fingerprint density at radius 3 is 2.65 bits per heavy atom. The van der Waals surface area contributed by atoms with Gasteiger partial charge in [-0.05, 0) is 39.8 Å². The molecular formula is C18H26N4O3S. The lowest BCUT2D eigenvalue weighted by Gasteiger charge is -2.29. The predicted molar refractivity (Wildman–Crippen MR) is 98.5 cm³/mol. The van der Waals surface area contributed by atoms with Gasteiger partial charge in [-0.1, -0.05) is 6.42 Å².